The number of carbonyl (C=O) groups excluding carboxylic acids is 1. The van der Waals surface area contributed by atoms with E-state index in [2.05, 4.69) is 0 Å². The molecule has 0 atom stereocenters. The van der Waals surface area contributed by atoms with Crippen LogP contribution in [0.3, 0.4) is 0 Å². The van der Waals surface area contributed by atoms with Crippen molar-refractivity contribution in [2.75, 3.05) is 0 Å². The Morgan fingerprint density at radius 3 is 2.50 bits per heavy atom. The van der Waals surface area contributed by atoms with Crippen molar-refractivity contribution in [1.82, 2.24) is 4.57 Å². The molecule has 0 spiro atoms. The van der Waals surface area contributed by atoms with Crippen molar-refractivity contribution in [3.63, 3.8) is 0 Å². The van der Waals surface area contributed by atoms with E-state index in [1.807, 2.05) is 22.6 Å². The first-order chi connectivity index (χ1) is 10.1. The predicted molar refractivity (Wildman–Crippen MR) is 84.9 cm³/mol. The molecule has 8 heteroatoms. The molecule has 0 aliphatic carbocycles. The largest absolute Gasteiger partial charge is 0.432 e. The molecule has 0 radical (unpaired) electrons. The van der Waals surface area contributed by atoms with Gasteiger partial charge in [-0.2, -0.15) is 13.2 Å². The number of hydrogen-bond donors (Lipinski definition) is 0. The monoisotopic (exact) mass is 443 g/mol. The second-order valence-corrected chi connectivity index (χ2v) is 6.11. The number of benzene rings is 1. The highest BCUT2D eigenvalue weighted by Gasteiger charge is 2.37. The lowest BCUT2D eigenvalue weighted by atomic mass is 10.1. The summed E-state index contributed by atoms with van der Waals surface area (Å²) >= 11 is 7.85. The van der Waals surface area contributed by atoms with Crippen molar-refractivity contribution in [3.8, 4) is 16.9 Å². The van der Waals surface area contributed by atoms with Gasteiger partial charge >= 0.3 is 12.1 Å². The number of alkyl halides is 3. The normalized spacial score (nSPS) is 11.6. The van der Waals surface area contributed by atoms with Gasteiger partial charge in [0.05, 0.1) is 5.02 Å². The molecule has 0 fully saturated rings. The van der Waals surface area contributed by atoms with Crippen LogP contribution in [-0.4, -0.2) is 10.5 Å². The minimum Gasteiger partial charge on any atom is -0.425 e. The molecule has 22 heavy (non-hydrogen) atoms. The van der Waals surface area contributed by atoms with Crippen molar-refractivity contribution < 1.29 is 22.7 Å². The number of hydrogen-bond acceptors (Lipinski definition) is 2. The van der Waals surface area contributed by atoms with E-state index < -0.39 is 17.8 Å². The van der Waals surface area contributed by atoms with Crippen LogP contribution >= 0.6 is 34.2 Å². The van der Waals surface area contributed by atoms with Crippen molar-refractivity contribution in [2.45, 2.75) is 13.1 Å². The maximum atomic E-state index is 13.2. The maximum absolute atomic E-state index is 13.2. The number of rotatable bonds is 2. The Morgan fingerprint density at radius 2 is 1.95 bits per heavy atom. The molecule has 1 aromatic carbocycles. The zero-order valence-electron chi connectivity index (χ0n) is 11.5. The number of carbonyl (C=O) groups is 1. The molecule has 1 aromatic heterocycles. The van der Waals surface area contributed by atoms with Crippen LogP contribution in [0.15, 0.2) is 24.4 Å². The summed E-state index contributed by atoms with van der Waals surface area (Å²) in [6.07, 6.45) is -3.17. The first-order valence-electron chi connectivity index (χ1n) is 6.01. The standard InChI is InChI=1S/C14H10ClF3INO2/c1-7(21)22-12-5-9(11(19)6-10(12)15)8-3-4-20(2)13(8)14(16,17)18/h3-6H,1-2H3. The fourth-order valence-corrected chi connectivity index (χ4v) is 3.21. The Kier molecular flexibility index (Phi) is 4.76. The molecule has 2 rings (SSSR count). The summed E-state index contributed by atoms with van der Waals surface area (Å²) in [6, 6.07) is 4.17. The van der Waals surface area contributed by atoms with Crippen LogP contribution in [0.2, 0.25) is 5.02 Å². The fraction of sp³-hybridized carbons (Fsp3) is 0.214. The third-order valence-corrected chi connectivity index (χ3v) is 4.09. The molecule has 0 unspecified atom stereocenters. The van der Waals surface area contributed by atoms with Crippen LogP contribution in [-0.2, 0) is 18.0 Å². The number of esters is 1. The molecule has 0 aliphatic heterocycles. The molecule has 0 saturated heterocycles. The van der Waals surface area contributed by atoms with Crippen molar-refractivity contribution in [1.29, 1.82) is 0 Å². The molecule has 3 nitrogen and oxygen atoms in total. The van der Waals surface area contributed by atoms with E-state index in [0.717, 1.165) is 4.57 Å². The SMILES string of the molecule is CC(=O)Oc1cc(-c2ccn(C)c2C(F)(F)F)c(I)cc1Cl. The van der Waals surface area contributed by atoms with E-state index in [4.69, 9.17) is 16.3 Å². The first kappa shape index (κ1) is 17.1. The van der Waals surface area contributed by atoms with Gasteiger partial charge in [0.15, 0.2) is 0 Å². The average Bonchev–Trinajstić information content (AvgIpc) is 2.73. The molecule has 0 N–H and O–H groups in total. The third kappa shape index (κ3) is 3.40. The molecule has 0 saturated carbocycles. The molecule has 1 heterocycles. The molecule has 118 valence electrons. The van der Waals surface area contributed by atoms with Crippen LogP contribution in [0.5, 0.6) is 5.75 Å². The van der Waals surface area contributed by atoms with Gasteiger partial charge in [0.25, 0.3) is 0 Å². The van der Waals surface area contributed by atoms with E-state index in [-0.39, 0.29) is 16.3 Å². The number of aromatic nitrogens is 1. The highest BCUT2D eigenvalue weighted by Crippen LogP contribution is 2.41. The lowest BCUT2D eigenvalue weighted by molar-refractivity contribution is -0.142. The van der Waals surface area contributed by atoms with E-state index >= 15 is 0 Å². The summed E-state index contributed by atoms with van der Waals surface area (Å²) in [5.74, 6) is -0.570. The van der Waals surface area contributed by atoms with Gasteiger partial charge in [-0.05, 0) is 40.8 Å². The highest BCUT2D eigenvalue weighted by molar-refractivity contribution is 14.1. The van der Waals surface area contributed by atoms with Gasteiger partial charge in [0.2, 0.25) is 0 Å². The molecule has 0 amide bonds. The Hall–Kier alpha value is -1.22. The van der Waals surface area contributed by atoms with Crippen LogP contribution in [0, 0.1) is 3.57 Å². The van der Waals surface area contributed by atoms with Gasteiger partial charge in [-0.15, -0.1) is 0 Å². The zero-order valence-corrected chi connectivity index (χ0v) is 14.4. The summed E-state index contributed by atoms with van der Waals surface area (Å²) in [5.41, 5.74) is -0.472. The Labute approximate surface area is 143 Å². The number of aryl methyl sites for hydroxylation is 1. The Bertz CT molecular complexity index is 740. The van der Waals surface area contributed by atoms with Crippen LogP contribution in [0.25, 0.3) is 11.1 Å². The van der Waals surface area contributed by atoms with Crippen LogP contribution in [0.1, 0.15) is 12.6 Å². The summed E-state index contributed by atoms with van der Waals surface area (Å²) in [5, 5.41) is 0.160. The molecule has 0 bridgehead atoms. The van der Waals surface area contributed by atoms with E-state index in [1.54, 1.807) is 0 Å². The Morgan fingerprint density at radius 1 is 1.32 bits per heavy atom. The van der Waals surface area contributed by atoms with Gasteiger partial charge in [0.1, 0.15) is 11.4 Å². The summed E-state index contributed by atoms with van der Waals surface area (Å²) in [4.78, 5) is 11.1. The second-order valence-electron chi connectivity index (χ2n) is 4.54. The highest BCUT2D eigenvalue weighted by atomic mass is 127. The lowest BCUT2D eigenvalue weighted by Crippen LogP contribution is -2.12. The number of ether oxygens (including phenoxy) is 1. The topological polar surface area (TPSA) is 31.2 Å². The quantitative estimate of drug-likeness (QED) is 0.376. The number of halogens is 5. The summed E-state index contributed by atoms with van der Waals surface area (Å²) in [6.45, 7) is 1.19. The van der Waals surface area contributed by atoms with Crippen LogP contribution < -0.4 is 4.74 Å². The minimum atomic E-state index is -4.50. The van der Waals surface area contributed by atoms with Gasteiger partial charge in [-0.25, -0.2) is 0 Å². The van der Waals surface area contributed by atoms with Gasteiger partial charge in [-0.1, -0.05) is 11.6 Å². The smallest absolute Gasteiger partial charge is 0.425 e. The van der Waals surface area contributed by atoms with Gasteiger partial charge in [0, 0.05) is 34.9 Å². The summed E-state index contributed by atoms with van der Waals surface area (Å²) < 4.78 is 46.1. The van der Waals surface area contributed by atoms with E-state index in [1.165, 1.54) is 38.4 Å². The molecular formula is C14H10ClF3INO2. The predicted octanol–water partition coefficient (Wildman–Crippen LogP) is 4.89. The van der Waals surface area contributed by atoms with Crippen LogP contribution in [0.4, 0.5) is 13.2 Å². The first-order valence-corrected chi connectivity index (χ1v) is 7.47. The minimum absolute atomic E-state index is 0.00414. The van der Waals surface area contributed by atoms with E-state index in [0.29, 0.717) is 9.13 Å². The van der Waals surface area contributed by atoms with Gasteiger partial charge < -0.3 is 9.30 Å². The van der Waals surface area contributed by atoms with Crippen molar-refractivity contribution >= 4 is 40.2 Å². The van der Waals surface area contributed by atoms with Gasteiger partial charge in [-0.3, -0.25) is 4.79 Å². The fourth-order valence-electron chi connectivity index (χ4n) is 2.07. The number of nitrogens with zero attached hydrogens (tertiary/aromatic N) is 1. The summed E-state index contributed by atoms with van der Waals surface area (Å²) in [7, 11) is 1.32. The van der Waals surface area contributed by atoms with Crippen molar-refractivity contribution in [2.24, 2.45) is 7.05 Å². The molecule has 0 aliphatic rings. The third-order valence-electron chi connectivity index (χ3n) is 2.91. The zero-order chi connectivity index (χ0) is 16.7. The van der Waals surface area contributed by atoms with E-state index in [9.17, 15) is 18.0 Å². The lowest BCUT2D eigenvalue weighted by Gasteiger charge is -2.14. The Balaban J connectivity index is 2.66. The molecule has 2 aromatic rings. The molecular weight excluding hydrogens is 434 g/mol. The second kappa shape index (κ2) is 6.11. The average molecular weight is 444 g/mol. The van der Waals surface area contributed by atoms with Crippen molar-refractivity contribution in [3.05, 3.63) is 38.7 Å². The maximum Gasteiger partial charge on any atom is 0.432 e.